The highest BCUT2D eigenvalue weighted by Gasteiger charge is 2.42. The molecule has 108 valence electrons. The summed E-state index contributed by atoms with van der Waals surface area (Å²) in [5, 5.41) is 0. The summed E-state index contributed by atoms with van der Waals surface area (Å²) in [6.45, 7) is 8.18. The summed E-state index contributed by atoms with van der Waals surface area (Å²) < 4.78 is 11.3. The zero-order valence-corrected chi connectivity index (χ0v) is 12.6. The maximum Gasteiger partial charge on any atom is 0.0835 e. The Morgan fingerprint density at radius 3 is 2.44 bits per heavy atom. The van der Waals surface area contributed by atoms with Crippen LogP contribution in [0.15, 0.2) is 0 Å². The summed E-state index contributed by atoms with van der Waals surface area (Å²) in [5.41, 5.74) is 6.43. The Bertz CT molecular complexity index is 225. The van der Waals surface area contributed by atoms with E-state index in [9.17, 15) is 0 Å². The topological polar surface area (TPSA) is 44.5 Å². The molecule has 2 unspecified atom stereocenters. The Kier molecular flexibility index (Phi) is 6.61. The molecular weight excluding hydrogens is 226 g/mol. The van der Waals surface area contributed by atoms with Gasteiger partial charge in [0.2, 0.25) is 0 Å². The van der Waals surface area contributed by atoms with E-state index in [4.69, 9.17) is 15.2 Å². The number of ether oxygens (including phenoxy) is 2. The first-order valence-electron chi connectivity index (χ1n) is 7.44. The van der Waals surface area contributed by atoms with E-state index in [-0.39, 0.29) is 11.6 Å². The Balaban J connectivity index is 2.64. The molecule has 3 heteroatoms. The molecule has 0 aromatic heterocycles. The van der Waals surface area contributed by atoms with E-state index in [0.29, 0.717) is 5.92 Å². The zero-order valence-electron chi connectivity index (χ0n) is 12.6. The van der Waals surface area contributed by atoms with Crippen molar-refractivity contribution in [3.8, 4) is 0 Å². The number of rotatable bonds is 7. The van der Waals surface area contributed by atoms with Gasteiger partial charge in [-0.25, -0.2) is 0 Å². The summed E-state index contributed by atoms with van der Waals surface area (Å²) in [6, 6.07) is 0.125. The summed E-state index contributed by atoms with van der Waals surface area (Å²) in [7, 11) is 1.75. The van der Waals surface area contributed by atoms with Crippen molar-refractivity contribution in [1.29, 1.82) is 0 Å². The summed E-state index contributed by atoms with van der Waals surface area (Å²) in [6.07, 6.45) is 5.72. The molecule has 2 N–H and O–H groups in total. The molecule has 0 bridgehead atoms. The van der Waals surface area contributed by atoms with Crippen molar-refractivity contribution < 1.29 is 9.47 Å². The number of hydrogen-bond acceptors (Lipinski definition) is 3. The van der Waals surface area contributed by atoms with Crippen molar-refractivity contribution >= 4 is 0 Å². The minimum atomic E-state index is -0.0889. The lowest BCUT2D eigenvalue weighted by molar-refractivity contribution is -0.0996. The fourth-order valence-corrected chi connectivity index (χ4v) is 3.11. The van der Waals surface area contributed by atoms with Gasteiger partial charge in [0.1, 0.15) is 0 Å². The van der Waals surface area contributed by atoms with Crippen LogP contribution in [0.1, 0.15) is 52.9 Å². The fourth-order valence-electron chi connectivity index (χ4n) is 3.11. The second-order valence-corrected chi connectivity index (χ2v) is 5.96. The highest BCUT2D eigenvalue weighted by atomic mass is 16.5. The van der Waals surface area contributed by atoms with Crippen LogP contribution >= 0.6 is 0 Å². The highest BCUT2D eigenvalue weighted by molar-refractivity contribution is 4.97. The standard InChI is InChI=1S/C15H31NO2/c1-5-18-15(9-6-12(2)7-10-15)14(16)13(3)8-11-17-4/h12-14H,5-11,16H2,1-4H3. The van der Waals surface area contributed by atoms with Gasteiger partial charge in [-0.3, -0.25) is 0 Å². The van der Waals surface area contributed by atoms with Crippen molar-refractivity contribution in [2.45, 2.75) is 64.5 Å². The van der Waals surface area contributed by atoms with Crippen molar-refractivity contribution in [2.75, 3.05) is 20.3 Å². The first-order chi connectivity index (χ1) is 8.55. The van der Waals surface area contributed by atoms with Crippen molar-refractivity contribution in [2.24, 2.45) is 17.6 Å². The molecule has 18 heavy (non-hydrogen) atoms. The molecule has 0 radical (unpaired) electrons. The quantitative estimate of drug-likeness (QED) is 0.762. The lowest BCUT2D eigenvalue weighted by atomic mass is 9.72. The number of hydrogen-bond donors (Lipinski definition) is 1. The van der Waals surface area contributed by atoms with Gasteiger partial charge in [0.25, 0.3) is 0 Å². The van der Waals surface area contributed by atoms with Gasteiger partial charge in [0.05, 0.1) is 5.60 Å². The third-order valence-electron chi connectivity index (χ3n) is 4.55. The maximum atomic E-state index is 6.52. The first kappa shape index (κ1) is 15.9. The summed E-state index contributed by atoms with van der Waals surface area (Å²) in [5.74, 6) is 1.27. The second-order valence-electron chi connectivity index (χ2n) is 5.96. The van der Waals surface area contributed by atoms with E-state index < -0.39 is 0 Å². The average Bonchev–Trinajstić information content (AvgIpc) is 2.38. The monoisotopic (exact) mass is 257 g/mol. The summed E-state index contributed by atoms with van der Waals surface area (Å²) in [4.78, 5) is 0. The second kappa shape index (κ2) is 7.46. The third kappa shape index (κ3) is 3.94. The van der Waals surface area contributed by atoms with Gasteiger partial charge in [0, 0.05) is 26.4 Å². The fraction of sp³-hybridized carbons (Fsp3) is 1.00. The molecule has 0 heterocycles. The molecule has 0 aromatic carbocycles. The highest BCUT2D eigenvalue weighted by Crippen LogP contribution is 2.39. The van der Waals surface area contributed by atoms with Crippen LogP contribution in [0.2, 0.25) is 0 Å². The van der Waals surface area contributed by atoms with Crippen LogP contribution in [0.5, 0.6) is 0 Å². The molecule has 0 saturated heterocycles. The van der Waals surface area contributed by atoms with Crippen molar-refractivity contribution in [3.63, 3.8) is 0 Å². The number of methoxy groups -OCH3 is 1. The van der Waals surface area contributed by atoms with Crippen LogP contribution in [-0.2, 0) is 9.47 Å². The van der Waals surface area contributed by atoms with E-state index in [1.165, 1.54) is 12.8 Å². The third-order valence-corrected chi connectivity index (χ3v) is 4.55. The van der Waals surface area contributed by atoms with Gasteiger partial charge in [-0.15, -0.1) is 0 Å². The largest absolute Gasteiger partial charge is 0.385 e. The predicted octanol–water partition coefficient (Wildman–Crippen LogP) is 2.97. The van der Waals surface area contributed by atoms with Gasteiger partial charge in [-0.2, -0.15) is 0 Å². The molecule has 0 amide bonds. The van der Waals surface area contributed by atoms with Crippen LogP contribution in [0.4, 0.5) is 0 Å². The van der Waals surface area contributed by atoms with E-state index in [2.05, 4.69) is 20.8 Å². The molecule has 2 atom stereocenters. The van der Waals surface area contributed by atoms with Gasteiger partial charge in [-0.1, -0.05) is 13.8 Å². The predicted molar refractivity (Wildman–Crippen MR) is 75.6 cm³/mol. The lowest BCUT2D eigenvalue weighted by Crippen LogP contribution is -2.55. The normalized spacial score (nSPS) is 32.2. The smallest absolute Gasteiger partial charge is 0.0835 e. The molecule has 1 fully saturated rings. The molecular formula is C15H31NO2. The molecule has 3 nitrogen and oxygen atoms in total. The Hall–Kier alpha value is -0.120. The Morgan fingerprint density at radius 2 is 1.94 bits per heavy atom. The lowest BCUT2D eigenvalue weighted by Gasteiger charge is -2.45. The van der Waals surface area contributed by atoms with E-state index in [1.807, 2.05) is 0 Å². The van der Waals surface area contributed by atoms with Gasteiger partial charge in [0.15, 0.2) is 0 Å². The number of nitrogens with two attached hydrogens (primary N) is 1. The molecule has 1 aliphatic carbocycles. The van der Waals surface area contributed by atoms with Crippen molar-refractivity contribution in [1.82, 2.24) is 0 Å². The van der Waals surface area contributed by atoms with Crippen LogP contribution in [0.25, 0.3) is 0 Å². The van der Waals surface area contributed by atoms with Crippen LogP contribution in [0, 0.1) is 11.8 Å². The average molecular weight is 257 g/mol. The van der Waals surface area contributed by atoms with Gasteiger partial charge in [-0.05, 0) is 50.9 Å². The van der Waals surface area contributed by atoms with E-state index in [0.717, 1.165) is 38.4 Å². The Labute approximate surface area is 112 Å². The molecule has 1 saturated carbocycles. The van der Waals surface area contributed by atoms with Gasteiger partial charge >= 0.3 is 0 Å². The molecule has 0 spiro atoms. The van der Waals surface area contributed by atoms with E-state index in [1.54, 1.807) is 7.11 Å². The Morgan fingerprint density at radius 1 is 1.33 bits per heavy atom. The molecule has 0 aliphatic heterocycles. The van der Waals surface area contributed by atoms with E-state index >= 15 is 0 Å². The molecule has 1 rings (SSSR count). The van der Waals surface area contributed by atoms with Crippen LogP contribution in [0.3, 0.4) is 0 Å². The minimum absolute atomic E-state index is 0.0889. The van der Waals surface area contributed by atoms with Crippen LogP contribution < -0.4 is 5.73 Å². The molecule has 1 aliphatic rings. The SMILES string of the molecule is CCOC1(C(N)C(C)CCOC)CCC(C)CC1. The maximum absolute atomic E-state index is 6.52. The first-order valence-corrected chi connectivity index (χ1v) is 7.44. The minimum Gasteiger partial charge on any atom is -0.385 e. The summed E-state index contributed by atoms with van der Waals surface area (Å²) >= 11 is 0. The van der Waals surface area contributed by atoms with Crippen LogP contribution in [-0.4, -0.2) is 32.0 Å². The van der Waals surface area contributed by atoms with Crippen molar-refractivity contribution in [3.05, 3.63) is 0 Å². The zero-order chi connectivity index (χ0) is 13.6. The van der Waals surface area contributed by atoms with Gasteiger partial charge < -0.3 is 15.2 Å². The molecule has 0 aromatic rings.